The molecule has 0 saturated heterocycles. The highest BCUT2D eigenvalue weighted by Gasteiger charge is 2.27. The number of benzene rings is 1. The maximum Gasteiger partial charge on any atom is 0.291 e. The van der Waals surface area contributed by atoms with Crippen LogP contribution in [-0.2, 0) is 13.0 Å². The molecule has 0 atom stereocenters. The molecule has 1 aliphatic rings. The molecule has 8 heteroatoms. The minimum Gasteiger partial charge on any atom is -0.347 e. The minimum absolute atomic E-state index is 0.194. The van der Waals surface area contributed by atoms with Gasteiger partial charge in [-0.2, -0.15) is 0 Å². The first-order valence-corrected chi connectivity index (χ1v) is 9.01. The van der Waals surface area contributed by atoms with Gasteiger partial charge in [0, 0.05) is 18.1 Å². The van der Waals surface area contributed by atoms with Gasteiger partial charge in [0.15, 0.2) is 5.82 Å². The molecule has 3 rings (SSSR count). The SMILES string of the molecule is C=CCNC(=O)c1nc(C(=O)Nc2cc(Cl)ccc2Cl)n2c1CCCC2. The van der Waals surface area contributed by atoms with Crippen LogP contribution in [0.15, 0.2) is 30.9 Å². The molecule has 0 aliphatic carbocycles. The second-order valence-corrected chi connectivity index (χ2v) is 6.76. The smallest absolute Gasteiger partial charge is 0.291 e. The van der Waals surface area contributed by atoms with Crippen molar-refractivity contribution < 1.29 is 9.59 Å². The van der Waals surface area contributed by atoms with Gasteiger partial charge >= 0.3 is 0 Å². The largest absolute Gasteiger partial charge is 0.347 e. The van der Waals surface area contributed by atoms with Crippen LogP contribution in [0.5, 0.6) is 0 Å². The lowest BCUT2D eigenvalue weighted by Crippen LogP contribution is -2.25. The van der Waals surface area contributed by atoms with Crippen molar-refractivity contribution in [2.75, 3.05) is 11.9 Å². The van der Waals surface area contributed by atoms with E-state index in [0.29, 0.717) is 35.2 Å². The summed E-state index contributed by atoms with van der Waals surface area (Å²) in [6.45, 7) is 4.56. The van der Waals surface area contributed by atoms with E-state index in [1.54, 1.807) is 28.8 Å². The Kier molecular flexibility index (Phi) is 5.64. The molecule has 0 bridgehead atoms. The van der Waals surface area contributed by atoms with E-state index in [1.807, 2.05) is 0 Å². The Bertz CT molecular complexity index is 876. The average molecular weight is 393 g/mol. The van der Waals surface area contributed by atoms with Crippen molar-refractivity contribution in [1.29, 1.82) is 0 Å². The van der Waals surface area contributed by atoms with E-state index in [2.05, 4.69) is 22.2 Å². The maximum absolute atomic E-state index is 12.8. The fraction of sp³-hybridized carbons (Fsp3) is 0.278. The zero-order chi connectivity index (χ0) is 18.7. The Morgan fingerprint density at radius 3 is 2.85 bits per heavy atom. The summed E-state index contributed by atoms with van der Waals surface area (Å²) in [4.78, 5) is 29.4. The summed E-state index contributed by atoms with van der Waals surface area (Å²) in [7, 11) is 0. The molecule has 2 aromatic rings. The van der Waals surface area contributed by atoms with Gasteiger partial charge in [-0.05, 0) is 37.5 Å². The zero-order valence-electron chi connectivity index (χ0n) is 14.0. The van der Waals surface area contributed by atoms with Gasteiger partial charge in [0.2, 0.25) is 0 Å². The van der Waals surface area contributed by atoms with Crippen LogP contribution in [0.25, 0.3) is 0 Å². The first-order valence-electron chi connectivity index (χ1n) is 8.26. The number of amides is 2. The number of halogens is 2. The number of aromatic nitrogens is 2. The molecular weight excluding hydrogens is 375 g/mol. The van der Waals surface area contributed by atoms with E-state index < -0.39 is 5.91 Å². The molecule has 1 aromatic heterocycles. The van der Waals surface area contributed by atoms with Gasteiger partial charge in [0.1, 0.15) is 5.69 Å². The molecule has 0 saturated carbocycles. The molecule has 1 aliphatic heterocycles. The van der Waals surface area contributed by atoms with Gasteiger partial charge in [-0.15, -0.1) is 6.58 Å². The number of carbonyl (C=O) groups excluding carboxylic acids is 2. The normalized spacial score (nSPS) is 13.0. The highest BCUT2D eigenvalue weighted by Crippen LogP contribution is 2.27. The summed E-state index contributed by atoms with van der Waals surface area (Å²) in [6.07, 6.45) is 4.17. The van der Waals surface area contributed by atoms with Crippen molar-refractivity contribution in [3.8, 4) is 0 Å². The second kappa shape index (κ2) is 7.93. The van der Waals surface area contributed by atoms with Crippen molar-refractivity contribution in [1.82, 2.24) is 14.9 Å². The number of hydrogen-bond acceptors (Lipinski definition) is 3. The Balaban J connectivity index is 1.92. The van der Waals surface area contributed by atoms with Gasteiger partial charge in [-0.25, -0.2) is 4.98 Å². The summed E-state index contributed by atoms with van der Waals surface area (Å²) in [5.74, 6) is -0.546. The van der Waals surface area contributed by atoms with E-state index in [4.69, 9.17) is 23.2 Å². The Hall–Kier alpha value is -2.31. The Morgan fingerprint density at radius 1 is 1.27 bits per heavy atom. The van der Waals surface area contributed by atoms with Crippen LogP contribution >= 0.6 is 23.2 Å². The summed E-state index contributed by atoms with van der Waals surface area (Å²) < 4.78 is 1.81. The number of fused-ring (bicyclic) bond motifs is 1. The third-order valence-corrected chi connectivity index (χ3v) is 4.68. The van der Waals surface area contributed by atoms with Gasteiger partial charge in [0.05, 0.1) is 16.4 Å². The van der Waals surface area contributed by atoms with Crippen LogP contribution in [0.3, 0.4) is 0 Å². The van der Waals surface area contributed by atoms with Crippen molar-refractivity contribution in [2.45, 2.75) is 25.8 Å². The molecule has 0 fully saturated rings. The predicted molar refractivity (Wildman–Crippen MR) is 102 cm³/mol. The third-order valence-electron chi connectivity index (χ3n) is 4.12. The number of rotatable bonds is 5. The quantitative estimate of drug-likeness (QED) is 0.761. The number of nitrogens with zero attached hydrogens (tertiary/aromatic N) is 2. The van der Waals surface area contributed by atoms with Gasteiger partial charge < -0.3 is 15.2 Å². The van der Waals surface area contributed by atoms with Crippen LogP contribution in [0.2, 0.25) is 10.0 Å². The van der Waals surface area contributed by atoms with E-state index in [-0.39, 0.29) is 17.4 Å². The van der Waals surface area contributed by atoms with Gasteiger partial charge in [-0.3, -0.25) is 9.59 Å². The lowest BCUT2D eigenvalue weighted by Gasteiger charge is -2.17. The Morgan fingerprint density at radius 2 is 2.08 bits per heavy atom. The molecule has 2 heterocycles. The van der Waals surface area contributed by atoms with Crippen molar-refractivity contribution in [2.24, 2.45) is 0 Å². The van der Waals surface area contributed by atoms with E-state index >= 15 is 0 Å². The van der Waals surface area contributed by atoms with Gasteiger partial charge in [0.25, 0.3) is 11.8 Å². The number of hydrogen-bond donors (Lipinski definition) is 2. The predicted octanol–water partition coefficient (Wildman–Crippen LogP) is 3.69. The molecule has 6 nitrogen and oxygen atoms in total. The zero-order valence-corrected chi connectivity index (χ0v) is 15.5. The van der Waals surface area contributed by atoms with Crippen LogP contribution in [0.4, 0.5) is 5.69 Å². The minimum atomic E-state index is -0.430. The molecule has 0 radical (unpaired) electrons. The maximum atomic E-state index is 12.8. The fourth-order valence-corrected chi connectivity index (χ4v) is 3.26. The first kappa shape index (κ1) is 18.5. The number of nitrogens with one attached hydrogen (secondary N) is 2. The molecule has 2 amide bonds. The first-order chi connectivity index (χ1) is 12.5. The number of imidazole rings is 1. The van der Waals surface area contributed by atoms with Crippen LogP contribution in [0.1, 0.15) is 39.6 Å². The molecule has 0 unspecified atom stereocenters. The molecule has 26 heavy (non-hydrogen) atoms. The second-order valence-electron chi connectivity index (χ2n) is 5.92. The highest BCUT2D eigenvalue weighted by atomic mass is 35.5. The standard InChI is InChI=1S/C18H18Cl2N4O2/c1-2-8-21-17(25)15-14-5-3-4-9-24(14)16(23-15)18(26)22-13-10-11(19)6-7-12(13)20/h2,6-7,10H,1,3-5,8-9H2,(H,21,25)(H,22,26). The number of carbonyl (C=O) groups is 2. The lowest BCUT2D eigenvalue weighted by atomic mass is 10.1. The summed E-state index contributed by atoms with van der Waals surface area (Å²) >= 11 is 12.1. The van der Waals surface area contributed by atoms with E-state index in [0.717, 1.165) is 18.5 Å². The molecular formula is C18H18Cl2N4O2. The van der Waals surface area contributed by atoms with E-state index in [9.17, 15) is 9.59 Å². The summed E-state index contributed by atoms with van der Waals surface area (Å²) in [5, 5.41) is 6.27. The monoisotopic (exact) mass is 392 g/mol. The molecule has 1 aromatic carbocycles. The van der Waals surface area contributed by atoms with Gasteiger partial charge in [-0.1, -0.05) is 29.3 Å². The highest BCUT2D eigenvalue weighted by molar-refractivity contribution is 6.35. The number of anilines is 1. The van der Waals surface area contributed by atoms with Crippen molar-refractivity contribution >= 4 is 40.7 Å². The van der Waals surface area contributed by atoms with Crippen LogP contribution in [-0.4, -0.2) is 27.9 Å². The van der Waals surface area contributed by atoms with Crippen LogP contribution < -0.4 is 10.6 Å². The molecule has 136 valence electrons. The average Bonchev–Trinajstić information content (AvgIpc) is 3.02. The van der Waals surface area contributed by atoms with Crippen molar-refractivity contribution in [3.63, 3.8) is 0 Å². The van der Waals surface area contributed by atoms with Crippen molar-refractivity contribution in [3.05, 3.63) is 58.1 Å². The third kappa shape index (κ3) is 3.76. The Labute approximate surface area is 161 Å². The lowest BCUT2D eigenvalue weighted by molar-refractivity contribution is 0.0952. The van der Waals surface area contributed by atoms with Crippen LogP contribution in [0, 0.1) is 0 Å². The molecule has 0 spiro atoms. The fourth-order valence-electron chi connectivity index (χ4n) is 2.92. The van der Waals surface area contributed by atoms with E-state index in [1.165, 1.54) is 0 Å². The topological polar surface area (TPSA) is 76.0 Å². The summed E-state index contributed by atoms with van der Waals surface area (Å²) in [6, 6.07) is 4.81. The molecule has 2 N–H and O–H groups in total. The summed E-state index contributed by atoms with van der Waals surface area (Å²) in [5.41, 5.74) is 1.46.